The minimum Gasteiger partial charge on any atom is -0.351 e. The predicted molar refractivity (Wildman–Crippen MR) is 158 cm³/mol. The summed E-state index contributed by atoms with van der Waals surface area (Å²) in [6.07, 6.45) is 4.71. The van der Waals surface area contributed by atoms with Crippen LogP contribution in [-0.2, 0) is 9.59 Å². The number of nitrogens with zero attached hydrogens (tertiary/aromatic N) is 1. The second-order valence-electron chi connectivity index (χ2n) is 10.4. The summed E-state index contributed by atoms with van der Waals surface area (Å²) in [6.45, 7) is 6.16. The lowest BCUT2D eigenvalue weighted by molar-refractivity contribution is -0.133. The van der Waals surface area contributed by atoms with E-state index < -0.39 is 0 Å². The zero-order valence-electron chi connectivity index (χ0n) is 23.0. The van der Waals surface area contributed by atoms with Gasteiger partial charge in [-0.1, -0.05) is 84.4 Å². The lowest BCUT2D eigenvalue weighted by Gasteiger charge is -2.29. The average Bonchev–Trinajstić information content (AvgIpc) is 3.09. The minimum atomic E-state index is -0.377. The molecule has 0 saturated carbocycles. The second-order valence-corrected chi connectivity index (χ2v) is 10.4. The number of benzene rings is 3. The summed E-state index contributed by atoms with van der Waals surface area (Å²) in [6, 6.07) is 26.5. The van der Waals surface area contributed by atoms with E-state index in [-0.39, 0.29) is 29.8 Å². The molecule has 1 aliphatic heterocycles. The van der Waals surface area contributed by atoms with Crippen molar-refractivity contribution in [2.24, 2.45) is 5.73 Å². The Morgan fingerprint density at radius 2 is 1.72 bits per heavy atom. The molecule has 2 unspecified atom stereocenters. The first-order valence-electron chi connectivity index (χ1n) is 13.8. The van der Waals surface area contributed by atoms with Crippen LogP contribution in [0.3, 0.4) is 0 Å². The Balaban J connectivity index is 1.43. The number of amides is 2. The number of nitrogens with two attached hydrogens (primary N) is 1. The van der Waals surface area contributed by atoms with Crippen molar-refractivity contribution >= 4 is 17.9 Å². The molecule has 204 valence electrons. The van der Waals surface area contributed by atoms with E-state index in [1.165, 1.54) is 16.7 Å². The van der Waals surface area contributed by atoms with Crippen molar-refractivity contribution in [1.82, 2.24) is 15.5 Å². The van der Waals surface area contributed by atoms with Gasteiger partial charge >= 0.3 is 0 Å². The first-order chi connectivity index (χ1) is 18.9. The molecular formula is C33H40N4O2. The summed E-state index contributed by atoms with van der Waals surface area (Å²) < 4.78 is 0. The maximum atomic E-state index is 13.6. The summed E-state index contributed by atoms with van der Waals surface area (Å²) in [7, 11) is 0. The van der Waals surface area contributed by atoms with Crippen LogP contribution in [0.4, 0.5) is 0 Å². The largest absolute Gasteiger partial charge is 0.351 e. The molecule has 3 aromatic carbocycles. The zero-order valence-corrected chi connectivity index (χ0v) is 23.0. The first kappa shape index (κ1) is 28.3. The monoisotopic (exact) mass is 524 g/mol. The van der Waals surface area contributed by atoms with E-state index in [1.54, 1.807) is 6.08 Å². The van der Waals surface area contributed by atoms with E-state index in [0.29, 0.717) is 32.6 Å². The quantitative estimate of drug-likeness (QED) is 0.348. The van der Waals surface area contributed by atoms with E-state index in [2.05, 4.69) is 47.9 Å². The molecule has 6 heteroatoms. The maximum absolute atomic E-state index is 13.6. The fourth-order valence-electron chi connectivity index (χ4n) is 5.25. The maximum Gasteiger partial charge on any atom is 0.244 e. The molecule has 1 saturated heterocycles. The van der Waals surface area contributed by atoms with Gasteiger partial charge in [-0.15, -0.1) is 0 Å². The lowest BCUT2D eigenvalue weighted by atomic mass is 9.90. The fourth-order valence-corrected chi connectivity index (χ4v) is 5.25. The van der Waals surface area contributed by atoms with Crippen LogP contribution >= 0.6 is 0 Å². The number of aryl methyl sites for hydroxylation is 2. The summed E-state index contributed by atoms with van der Waals surface area (Å²) >= 11 is 0. The van der Waals surface area contributed by atoms with Gasteiger partial charge in [-0.3, -0.25) is 9.59 Å². The fraction of sp³-hybridized carbons (Fsp3) is 0.333. The van der Waals surface area contributed by atoms with Crippen LogP contribution in [0, 0.1) is 13.8 Å². The van der Waals surface area contributed by atoms with Crippen LogP contribution in [-0.4, -0.2) is 55.0 Å². The third-order valence-electron chi connectivity index (χ3n) is 7.42. The van der Waals surface area contributed by atoms with Crippen LogP contribution in [0.2, 0.25) is 0 Å². The van der Waals surface area contributed by atoms with Gasteiger partial charge in [-0.05, 0) is 61.6 Å². The summed E-state index contributed by atoms with van der Waals surface area (Å²) in [5.41, 5.74) is 11.6. The molecule has 0 aromatic heterocycles. The molecule has 0 radical (unpaired) electrons. The molecule has 0 aliphatic carbocycles. The van der Waals surface area contributed by atoms with E-state index in [9.17, 15) is 9.59 Å². The topological polar surface area (TPSA) is 87.5 Å². The molecule has 1 aliphatic rings. The van der Waals surface area contributed by atoms with E-state index in [1.807, 2.05) is 66.4 Å². The molecule has 2 amide bonds. The number of rotatable bonds is 10. The lowest BCUT2D eigenvalue weighted by Crippen LogP contribution is -2.49. The highest BCUT2D eigenvalue weighted by Crippen LogP contribution is 2.27. The summed E-state index contributed by atoms with van der Waals surface area (Å²) in [5.74, 6) is -0.00447. The zero-order chi connectivity index (χ0) is 27.6. The van der Waals surface area contributed by atoms with Crippen LogP contribution in [0.5, 0.6) is 0 Å². The Morgan fingerprint density at radius 3 is 2.33 bits per heavy atom. The van der Waals surface area contributed by atoms with Gasteiger partial charge < -0.3 is 21.3 Å². The van der Waals surface area contributed by atoms with Gasteiger partial charge in [-0.25, -0.2) is 0 Å². The van der Waals surface area contributed by atoms with Gasteiger partial charge in [-0.2, -0.15) is 0 Å². The molecule has 0 bridgehead atoms. The molecular weight excluding hydrogens is 484 g/mol. The van der Waals surface area contributed by atoms with Crippen LogP contribution in [0.1, 0.15) is 46.6 Å². The first-order valence-corrected chi connectivity index (χ1v) is 13.8. The van der Waals surface area contributed by atoms with E-state index in [4.69, 9.17) is 5.73 Å². The van der Waals surface area contributed by atoms with Crippen molar-refractivity contribution in [3.63, 3.8) is 0 Å². The van der Waals surface area contributed by atoms with Gasteiger partial charge in [0.05, 0.1) is 6.04 Å². The van der Waals surface area contributed by atoms with Crippen LogP contribution < -0.4 is 16.4 Å². The predicted octanol–water partition coefficient (Wildman–Crippen LogP) is 4.17. The highest BCUT2D eigenvalue weighted by atomic mass is 16.2. The Morgan fingerprint density at radius 1 is 1.05 bits per heavy atom. The minimum absolute atomic E-state index is 0.0270. The second kappa shape index (κ2) is 13.9. The van der Waals surface area contributed by atoms with Gasteiger partial charge in [0.15, 0.2) is 0 Å². The molecule has 1 heterocycles. The molecule has 0 spiro atoms. The molecule has 2 atom stereocenters. The van der Waals surface area contributed by atoms with Gasteiger partial charge in [0.2, 0.25) is 11.8 Å². The number of carbonyl (C=O) groups is 2. The number of hydrogen-bond acceptors (Lipinski definition) is 4. The van der Waals surface area contributed by atoms with Crippen molar-refractivity contribution in [3.05, 3.63) is 113 Å². The van der Waals surface area contributed by atoms with Crippen molar-refractivity contribution in [3.8, 4) is 0 Å². The van der Waals surface area contributed by atoms with Crippen molar-refractivity contribution in [2.45, 2.75) is 44.7 Å². The normalized spacial score (nSPS) is 17.9. The molecule has 1 fully saturated rings. The van der Waals surface area contributed by atoms with Crippen molar-refractivity contribution < 1.29 is 9.59 Å². The average molecular weight is 525 g/mol. The third-order valence-corrected chi connectivity index (χ3v) is 7.42. The molecule has 6 nitrogen and oxygen atoms in total. The van der Waals surface area contributed by atoms with Crippen LogP contribution in [0.15, 0.2) is 84.9 Å². The van der Waals surface area contributed by atoms with Gasteiger partial charge in [0.1, 0.15) is 0 Å². The highest BCUT2D eigenvalue weighted by Gasteiger charge is 2.32. The number of nitrogens with one attached hydrogen (secondary N) is 2. The Kier molecular flexibility index (Phi) is 10.1. The Labute approximate surface area is 232 Å². The molecule has 4 rings (SSSR count). The standard InChI is InChI=1S/C33H40N4O2/c1-24-13-14-26(25(2)21-24)15-16-32(38)35-22-29-18-20-37(33(39)31(36-29)17-19-34)23-30(27-9-5-3-6-10-27)28-11-7-4-8-12-28/h3-16,21,29-31,36H,17-20,22-23,34H2,1-2H3,(H,35,38). The van der Waals surface area contributed by atoms with Crippen molar-refractivity contribution in [2.75, 3.05) is 26.2 Å². The molecule has 3 aromatic rings. The number of carbonyl (C=O) groups excluding carboxylic acids is 2. The number of hydrogen-bond donors (Lipinski definition) is 3. The van der Waals surface area contributed by atoms with E-state index >= 15 is 0 Å². The molecule has 4 N–H and O–H groups in total. The van der Waals surface area contributed by atoms with Crippen LogP contribution in [0.25, 0.3) is 6.08 Å². The Hall–Kier alpha value is -3.74. The third kappa shape index (κ3) is 7.88. The van der Waals surface area contributed by atoms with Crippen molar-refractivity contribution in [1.29, 1.82) is 0 Å². The smallest absolute Gasteiger partial charge is 0.244 e. The van der Waals surface area contributed by atoms with Gasteiger partial charge in [0.25, 0.3) is 0 Å². The SMILES string of the molecule is Cc1ccc(C=CC(=O)NCC2CCN(CC(c3ccccc3)c3ccccc3)C(=O)C(CCN)N2)c(C)c1. The highest BCUT2D eigenvalue weighted by molar-refractivity contribution is 5.92. The van der Waals surface area contributed by atoms with Gasteiger partial charge in [0, 0.05) is 37.7 Å². The summed E-state index contributed by atoms with van der Waals surface area (Å²) in [5, 5.41) is 6.50. The summed E-state index contributed by atoms with van der Waals surface area (Å²) in [4.78, 5) is 28.2. The van der Waals surface area contributed by atoms with E-state index in [0.717, 1.165) is 17.5 Å². The Bertz CT molecular complexity index is 1220. The molecule has 39 heavy (non-hydrogen) atoms.